The summed E-state index contributed by atoms with van der Waals surface area (Å²) in [5.74, 6) is 0. The van der Waals surface area contributed by atoms with E-state index in [2.05, 4.69) is 35.4 Å². The highest BCUT2D eigenvalue weighted by molar-refractivity contribution is 8.44. The van der Waals surface area contributed by atoms with E-state index in [4.69, 9.17) is 0 Å². The van der Waals surface area contributed by atoms with Crippen molar-refractivity contribution in [2.45, 2.75) is 25.5 Å². The van der Waals surface area contributed by atoms with Gasteiger partial charge in [-0.25, -0.2) is 0 Å². The molecule has 0 nitrogen and oxygen atoms in total. The summed E-state index contributed by atoms with van der Waals surface area (Å²) in [4.78, 5) is 0. The molecule has 0 aliphatic rings. The molecule has 0 aromatic rings. The van der Waals surface area contributed by atoms with E-state index in [1.807, 2.05) is 0 Å². The van der Waals surface area contributed by atoms with Crippen LogP contribution in [0.3, 0.4) is 0 Å². The Morgan fingerprint density at radius 3 is 2.10 bits per heavy atom. The molecule has 0 aliphatic carbocycles. The molecule has 0 saturated carbocycles. The molecular formula is C8H15PS. The molecule has 0 amide bonds. The molecule has 0 saturated heterocycles. The van der Waals surface area contributed by atoms with E-state index >= 15 is 0 Å². The van der Waals surface area contributed by atoms with Crippen LogP contribution in [0.5, 0.6) is 0 Å². The summed E-state index contributed by atoms with van der Waals surface area (Å²) in [5.41, 5.74) is 2.45. The van der Waals surface area contributed by atoms with Gasteiger partial charge in [0.25, 0.3) is 0 Å². The second-order valence-corrected chi connectivity index (χ2v) is 4.29. The van der Waals surface area contributed by atoms with Gasteiger partial charge in [-0.3, -0.25) is 0 Å². The van der Waals surface area contributed by atoms with Crippen LogP contribution in [0.25, 0.3) is 0 Å². The predicted octanol–water partition coefficient (Wildman–Crippen LogP) is 3.42. The predicted molar refractivity (Wildman–Crippen MR) is 55.3 cm³/mol. The molecule has 0 rings (SSSR count). The molecule has 0 aromatic heterocycles. The average molecular weight is 174 g/mol. The van der Waals surface area contributed by atoms with Crippen molar-refractivity contribution >= 4 is 19.8 Å². The highest BCUT2D eigenvalue weighted by Gasteiger charge is 2.06. The smallest absolute Gasteiger partial charge is 0.0324 e. The Balaban J connectivity index is 3.83. The van der Waals surface area contributed by atoms with Crippen LogP contribution in [0.15, 0.2) is 24.3 Å². The molecule has 0 bridgehead atoms. The monoisotopic (exact) mass is 174 g/mol. The van der Waals surface area contributed by atoms with E-state index in [1.165, 1.54) is 11.1 Å². The lowest BCUT2D eigenvalue weighted by molar-refractivity contribution is 0.957. The van der Waals surface area contributed by atoms with E-state index < -0.39 is 0 Å². The van der Waals surface area contributed by atoms with Crippen LogP contribution in [0.4, 0.5) is 0 Å². The first-order chi connectivity index (χ1) is 4.57. The molecule has 0 aliphatic heterocycles. The van der Waals surface area contributed by atoms with Crippen molar-refractivity contribution in [1.82, 2.24) is 0 Å². The van der Waals surface area contributed by atoms with Gasteiger partial charge in [0.15, 0.2) is 0 Å². The van der Waals surface area contributed by atoms with Gasteiger partial charge in [0, 0.05) is 5.25 Å². The van der Waals surface area contributed by atoms with Crippen molar-refractivity contribution in [3.63, 3.8) is 0 Å². The van der Waals surface area contributed by atoms with Crippen LogP contribution in [-0.4, -0.2) is 5.25 Å². The van der Waals surface area contributed by atoms with Crippen LogP contribution in [0.1, 0.15) is 20.3 Å². The van der Waals surface area contributed by atoms with Gasteiger partial charge in [0.2, 0.25) is 0 Å². The summed E-state index contributed by atoms with van der Waals surface area (Å²) in [7, 11) is 2.67. The minimum Gasteiger partial charge on any atom is -0.133 e. The quantitative estimate of drug-likeness (QED) is 0.465. The fraction of sp³-hybridized carbons (Fsp3) is 0.500. The van der Waals surface area contributed by atoms with Crippen molar-refractivity contribution < 1.29 is 0 Å². The first-order valence-electron chi connectivity index (χ1n) is 3.23. The summed E-state index contributed by atoms with van der Waals surface area (Å²) in [5, 5.41) is 0.530. The zero-order valence-corrected chi connectivity index (χ0v) is 8.66. The summed E-state index contributed by atoms with van der Waals surface area (Å²) in [6.07, 6.45) is 1.05. The third-order valence-corrected chi connectivity index (χ3v) is 3.13. The third kappa shape index (κ3) is 4.14. The largest absolute Gasteiger partial charge is 0.133 e. The van der Waals surface area contributed by atoms with Gasteiger partial charge >= 0.3 is 0 Å². The summed E-state index contributed by atoms with van der Waals surface area (Å²) in [6, 6.07) is 0. The van der Waals surface area contributed by atoms with Crippen LogP contribution in [0.2, 0.25) is 0 Å². The molecular weight excluding hydrogens is 159 g/mol. The van der Waals surface area contributed by atoms with Crippen molar-refractivity contribution in [3.8, 4) is 0 Å². The van der Waals surface area contributed by atoms with Crippen molar-refractivity contribution in [1.29, 1.82) is 0 Å². The molecule has 2 heteroatoms. The van der Waals surface area contributed by atoms with Gasteiger partial charge in [-0.15, -0.1) is 18.0 Å². The molecule has 0 fully saturated rings. The molecule has 2 atom stereocenters. The minimum absolute atomic E-state index is 0.530. The Kier molecular flexibility index (Phi) is 5.11. The molecule has 0 aromatic carbocycles. The lowest BCUT2D eigenvalue weighted by Gasteiger charge is -2.12. The Bertz CT molecular complexity index is 140. The lowest BCUT2D eigenvalue weighted by atomic mass is 10.1. The van der Waals surface area contributed by atoms with Crippen molar-refractivity contribution in [3.05, 3.63) is 24.3 Å². The van der Waals surface area contributed by atoms with Gasteiger partial charge < -0.3 is 0 Å². The molecule has 0 spiro atoms. The fourth-order valence-corrected chi connectivity index (χ4v) is 2.25. The maximum atomic E-state index is 3.90. The van der Waals surface area contributed by atoms with Crippen molar-refractivity contribution in [2.24, 2.45) is 0 Å². The maximum absolute atomic E-state index is 3.90. The zero-order valence-electron chi connectivity index (χ0n) is 6.68. The molecule has 0 radical (unpaired) electrons. The molecule has 10 heavy (non-hydrogen) atoms. The molecule has 58 valence electrons. The molecule has 0 N–H and O–H groups in total. The second kappa shape index (κ2) is 4.98. The van der Waals surface area contributed by atoms with Gasteiger partial charge in [-0.05, 0) is 20.3 Å². The van der Waals surface area contributed by atoms with E-state index in [0.717, 1.165) is 6.42 Å². The fourth-order valence-electron chi connectivity index (χ4n) is 0.655. The SMILES string of the molecule is C=C(C)CC(SP)C(=C)C. The summed E-state index contributed by atoms with van der Waals surface area (Å²) >= 11 is 1.76. The van der Waals surface area contributed by atoms with E-state index in [9.17, 15) is 0 Å². The molecule has 2 unspecified atom stereocenters. The second-order valence-electron chi connectivity index (χ2n) is 2.63. The van der Waals surface area contributed by atoms with Crippen LogP contribution >= 0.6 is 19.8 Å². The first kappa shape index (κ1) is 10.3. The normalized spacial score (nSPS) is 12.7. The standard InChI is InChI=1S/C8H15PS/c1-6(2)5-8(10-9)7(3)4/h8H,1,3,5,9H2,2,4H3. The Hall–Kier alpha value is 0.260. The molecule has 0 heterocycles. The van der Waals surface area contributed by atoms with Gasteiger partial charge in [-0.2, -0.15) is 0 Å². The van der Waals surface area contributed by atoms with Crippen LogP contribution in [-0.2, 0) is 0 Å². The highest BCUT2D eigenvalue weighted by atomic mass is 32.7. The van der Waals surface area contributed by atoms with Gasteiger partial charge in [0.05, 0.1) is 0 Å². The number of allylic oxidation sites excluding steroid dienone is 1. The summed E-state index contributed by atoms with van der Waals surface area (Å²) < 4.78 is 0. The van der Waals surface area contributed by atoms with Crippen LogP contribution in [0, 0.1) is 0 Å². The van der Waals surface area contributed by atoms with E-state index in [-0.39, 0.29) is 0 Å². The first-order valence-corrected chi connectivity index (χ1v) is 5.59. The Morgan fingerprint density at radius 1 is 1.50 bits per heavy atom. The van der Waals surface area contributed by atoms with Crippen molar-refractivity contribution in [2.75, 3.05) is 0 Å². The maximum Gasteiger partial charge on any atom is 0.0324 e. The zero-order chi connectivity index (χ0) is 8.15. The van der Waals surface area contributed by atoms with E-state index in [0.29, 0.717) is 5.25 Å². The van der Waals surface area contributed by atoms with Gasteiger partial charge in [-0.1, -0.05) is 26.2 Å². The number of hydrogen-bond acceptors (Lipinski definition) is 1. The van der Waals surface area contributed by atoms with Crippen LogP contribution < -0.4 is 0 Å². The van der Waals surface area contributed by atoms with Gasteiger partial charge in [0.1, 0.15) is 0 Å². The van der Waals surface area contributed by atoms with E-state index in [1.54, 1.807) is 11.4 Å². The Labute approximate surface area is 70.1 Å². The lowest BCUT2D eigenvalue weighted by Crippen LogP contribution is -2.00. The Morgan fingerprint density at radius 2 is 2.00 bits per heavy atom. The average Bonchev–Trinajstić information content (AvgIpc) is 1.81. The highest BCUT2D eigenvalue weighted by Crippen LogP contribution is 2.28. The minimum atomic E-state index is 0.530. The third-order valence-electron chi connectivity index (χ3n) is 1.25. The number of hydrogen-bond donors (Lipinski definition) is 0. The number of rotatable bonds is 4. The topological polar surface area (TPSA) is 0 Å². The summed E-state index contributed by atoms with van der Waals surface area (Å²) in [6.45, 7) is 11.9.